The molecule has 0 radical (unpaired) electrons. The van der Waals surface area contributed by atoms with Crippen LogP contribution in [0.3, 0.4) is 0 Å². The van der Waals surface area contributed by atoms with Crippen molar-refractivity contribution in [2.75, 3.05) is 32.8 Å². The zero-order valence-corrected chi connectivity index (χ0v) is 10.7. The van der Waals surface area contributed by atoms with Gasteiger partial charge in [-0.05, 0) is 6.07 Å². The Kier molecular flexibility index (Phi) is 7.02. The molecule has 1 aromatic carbocycles. The molecule has 0 aliphatic rings. The Balaban J connectivity index is 2.40. The fourth-order valence-corrected chi connectivity index (χ4v) is 1.65. The molecule has 0 unspecified atom stereocenters. The molecule has 1 rings (SSSR count). The normalized spacial score (nSPS) is 10.7. The summed E-state index contributed by atoms with van der Waals surface area (Å²) in [5.74, 6) is -0.629. The lowest BCUT2D eigenvalue weighted by Gasteiger charge is -2.19. The van der Waals surface area contributed by atoms with Crippen LogP contribution in [0.1, 0.15) is 5.56 Å². The maximum Gasteiger partial charge on any atom is 0.234 e. The zero-order chi connectivity index (χ0) is 14.1. The number of halogens is 1. The van der Waals surface area contributed by atoms with Crippen LogP contribution >= 0.6 is 0 Å². The van der Waals surface area contributed by atoms with Crippen LogP contribution in [0.5, 0.6) is 0 Å². The Hall–Kier alpha value is -1.50. The Bertz CT molecular complexity index is 395. The Morgan fingerprint density at radius 1 is 1.21 bits per heavy atom. The van der Waals surface area contributed by atoms with Gasteiger partial charge in [0.05, 0.1) is 19.8 Å². The number of nitrogens with zero attached hydrogens (tertiary/aromatic N) is 1. The third-order valence-corrected chi connectivity index (χ3v) is 2.63. The second-order valence-electron chi connectivity index (χ2n) is 4.09. The molecular formula is C13H19FN2O3. The van der Waals surface area contributed by atoms with Gasteiger partial charge >= 0.3 is 0 Å². The van der Waals surface area contributed by atoms with Crippen LogP contribution in [-0.2, 0) is 11.3 Å². The molecule has 3 N–H and O–H groups in total. The van der Waals surface area contributed by atoms with Gasteiger partial charge < -0.3 is 15.5 Å². The summed E-state index contributed by atoms with van der Waals surface area (Å²) in [6, 6.07) is 6.24. The van der Waals surface area contributed by atoms with E-state index in [1.54, 1.807) is 23.1 Å². The van der Waals surface area contributed by atoms with Crippen molar-refractivity contribution < 1.29 is 19.4 Å². The van der Waals surface area contributed by atoms with E-state index in [4.69, 9.17) is 10.2 Å². The molecule has 0 saturated heterocycles. The highest BCUT2D eigenvalue weighted by Crippen LogP contribution is 2.05. The standard InChI is InChI=1S/C13H19FN2O3/c14-12-4-2-1-3-11(12)9-15-13(19)10-16(5-7-17)6-8-18/h1-4,17-18H,5-10H2,(H,15,19). The number of aliphatic hydroxyl groups excluding tert-OH is 2. The number of benzene rings is 1. The molecule has 0 saturated carbocycles. The van der Waals surface area contributed by atoms with E-state index in [2.05, 4.69) is 5.32 Å². The van der Waals surface area contributed by atoms with Crippen LogP contribution in [-0.4, -0.2) is 53.9 Å². The van der Waals surface area contributed by atoms with E-state index >= 15 is 0 Å². The molecule has 106 valence electrons. The third kappa shape index (κ3) is 5.78. The third-order valence-electron chi connectivity index (χ3n) is 2.63. The molecule has 1 amide bonds. The van der Waals surface area contributed by atoms with E-state index in [9.17, 15) is 9.18 Å². The van der Waals surface area contributed by atoms with Crippen molar-refractivity contribution in [1.29, 1.82) is 0 Å². The van der Waals surface area contributed by atoms with Crippen molar-refractivity contribution in [3.8, 4) is 0 Å². The number of carbonyl (C=O) groups is 1. The van der Waals surface area contributed by atoms with Crippen molar-refractivity contribution in [3.63, 3.8) is 0 Å². The van der Waals surface area contributed by atoms with Gasteiger partial charge in [0.2, 0.25) is 5.91 Å². The maximum atomic E-state index is 13.3. The molecule has 0 aliphatic carbocycles. The lowest BCUT2D eigenvalue weighted by atomic mass is 10.2. The molecule has 0 fully saturated rings. The molecule has 6 heteroatoms. The van der Waals surface area contributed by atoms with Crippen LogP contribution in [0.15, 0.2) is 24.3 Å². The van der Waals surface area contributed by atoms with Gasteiger partial charge in [0, 0.05) is 25.2 Å². The minimum absolute atomic E-state index is 0.0651. The quantitative estimate of drug-likeness (QED) is 0.608. The highest BCUT2D eigenvalue weighted by atomic mass is 19.1. The molecular weight excluding hydrogens is 251 g/mol. The number of rotatable bonds is 8. The highest BCUT2D eigenvalue weighted by molar-refractivity contribution is 5.78. The Labute approximate surface area is 111 Å². The molecule has 0 bridgehead atoms. The summed E-state index contributed by atoms with van der Waals surface area (Å²) in [5, 5.41) is 20.2. The molecule has 19 heavy (non-hydrogen) atoms. The maximum absolute atomic E-state index is 13.3. The Morgan fingerprint density at radius 2 is 1.84 bits per heavy atom. The zero-order valence-electron chi connectivity index (χ0n) is 10.7. The number of aliphatic hydroxyl groups is 2. The number of nitrogens with one attached hydrogen (secondary N) is 1. The number of amides is 1. The summed E-state index contributed by atoms with van der Waals surface area (Å²) >= 11 is 0. The molecule has 0 atom stereocenters. The van der Waals surface area contributed by atoms with E-state index in [1.807, 2.05) is 0 Å². The fourth-order valence-electron chi connectivity index (χ4n) is 1.65. The van der Waals surface area contributed by atoms with Crippen molar-refractivity contribution in [3.05, 3.63) is 35.6 Å². The molecule has 1 aromatic rings. The monoisotopic (exact) mass is 270 g/mol. The summed E-state index contributed by atoms with van der Waals surface area (Å²) in [7, 11) is 0. The van der Waals surface area contributed by atoms with Gasteiger partial charge in [-0.3, -0.25) is 9.69 Å². The molecule has 0 heterocycles. The summed E-state index contributed by atoms with van der Waals surface area (Å²) in [6.45, 7) is 0.649. The largest absolute Gasteiger partial charge is 0.395 e. The first-order valence-electron chi connectivity index (χ1n) is 6.11. The first-order valence-corrected chi connectivity index (χ1v) is 6.11. The molecule has 5 nitrogen and oxygen atoms in total. The van der Waals surface area contributed by atoms with Crippen LogP contribution in [0.25, 0.3) is 0 Å². The van der Waals surface area contributed by atoms with Gasteiger partial charge in [0.1, 0.15) is 5.82 Å². The summed E-state index contributed by atoms with van der Waals surface area (Å²) in [5.41, 5.74) is 0.423. The van der Waals surface area contributed by atoms with Crippen molar-refractivity contribution in [2.24, 2.45) is 0 Å². The van der Waals surface area contributed by atoms with Crippen molar-refractivity contribution in [1.82, 2.24) is 10.2 Å². The summed E-state index contributed by atoms with van der Waals surface area (Å²) < 4.78 is 13.3. The van der Waals surface area contributed by atoms with Crippen LogP contribution < -0.4 is 5.32 Å². The summed E-state index contributed by atoms with van der Waals surface area (Å²) in [6.07, 6.45) is 0. The topological polar surface area (TPSA) is 72.8 Å². The highest BCUT2D eigenvalue weighted by Gasteiger charge is 2.10. The predicted molar refractivity (Wildman–Crippen MR) is 68.9 cm³/mol. The summed E-state index contributed by atoms with van der Waals surface area (Å²) in [4.78, 5) is 13.3. The van der Waals surface area contributed by atoms with Crippen molar-refractivity contribution >= 4 is 5.91 Å². The predicted octanol–water partition coefficient (Wildman–Crippen LogP) is -0.271. The number of carbonyl (C=O) groups excluding carboxylic acids is 1. The van der Waals surface area contributed by atoms with E-state index in [-0.39, 0.29) is 38.0 Å². The van der Waals surface area contributed by atoms with Gasteiger partial charge in [0.15, 0.2) is 0 Å². The smallest absolute Gasteiger partial charge is 0.234 e. The second-order valence-corrected chi connectivity index (χ2v) is 4.09. The average molecular weight is 270 g/mol. The van der Waals surface area contributed by atoms with E-state index in [1.165, 1.54) is 6.07 Å². The number of hydrogen-bond donors (Lipinski definition) is 3. The minimum atomic E-state index is -0.356. The lowest BCUT2D eigenvalue weighted by Crippen LogP contribution is -2.39. The van der Waals surface area contributed by atoms with Crippen molar-refractivity contribution in [2.45, 2.75) is 6.54 Å². The Morgan fingerprint density at radius 3 is 2.42 bits per heavy atom. The second kappa shape index (κ2) is 8.58. The fraction of sp³-hybridized carbons (Fsp3) is 0.462. The molecule has 0 aliphatic heterocycles. The number of hydrogen-bond acceptors (Lipinski definition) is 4. The van der Waals surface area contributed by atoms with Gasteiger partial charge in [-0.2, -0.15) is 0 Å². The van der Waals surface area contributed by atoms with Crippen LogP contribution in [0.4, 0.5) is 4.39 Å². The van der Waals surface area contributed by atoms with Gasteiger partial charge in [0.25, 0.3) is 0 Å². The first-order chi connectivity index (χ1) is 9.17. The van der Waals surface area contributed by atoms with Gasteiger partial charge in [-0.1, -0.05) is 18.2 Å². The SMILES string of the molecule is O=C(CN(CCO)CCO)NCc1ccccc1F. The van der Waals surface area contributed by atoms with Gasteiger partial charge in [-0.15, -0.1) is 0 Å². The average Bonchev–Trinajstić information content (AvgIpc) is 2.38. The minimum Gasteiger partial charge on any atom is -0.395 e. The van der Waals surface area contributed by atoms with E-state index in [0.29, 0.717) is 18.7 Å². The van der Waals surface area contributed by atoms with Crippen LogP contribution in [0.2, 0.25) is 0 Å². The molecule has 0 aromatic heterocycles. The molecule has 0 spiro atoms. The first kappa shape index (κ1) is 15.6. The van der Waals surface area contributed by atoms with Gasteiger partial charge in [-0.25, -0.2) is 4.39 Å². The van der Waals surface area contributed by atoms with Crippen LogP contribution in [0, 0.1) is 5.82 Å². The van der Waals surface area contributed by atoms with E-state index in [0.717, 1.165) is 0 Å². The lowest BCUT2D eigenvalue weighted by molar-refractivity contribution is -0.122. The van der Waals surface area contributed by atoms with E-state index < -0.39 is 0 Å².